The van der Waals surface area contributed by atoms with Crippen LogP contribution in [-0.2, 0) is 0 Å². The second-order valence-electron chi connectivity index (χ2n) is 5.23. The van der Waals surface area contributed by atoms with Gasteiger partial charge in [0, 0.05) is 19.8 Å². The van der Waals surface area contributed by atoms with Gasteiger partial charge in [-0.1, -0.05) is 0 Å². The van der Waals surface area contributed by atoms with E-state index in [0.717, 1.165) is 0 Å². The van der Waals surface area contributed by atoms with Crippen molar-refractivity contribution < 1.29 is 27.8 Å². The van der Waals surface area contributed by atoms with E-state index in [4.69, 9.17) is 0 Å². The highest BCUT2D eigenvalue weighted by Gasteiger charge is 2.30. The predicted molar refractivity (Wildman–Crippen MR) is 69.0 cm³/mol. The summed E-state index contributed by atoms with van der Waals surface area (Å²) in [6.45, 7) is 1.51. The number of likely N-dealkylation sites (N-methyl/N-ethyl adjacent to an activating group) is 1. The Morgan fingerprint density at radius 2 is 2.05 bits per heavy atom. The van der Waals surface area contributed by atoms with Gasteiger partial charge in [-0.3, -0.25) is 4.79 Å². The van der Waals surface area contributed by atoms with Crippen molar-refractivity contribution in [2.24, 2.45) is 0 Å². The lowest BCUT2D eigenvalue weighted by molar-refractivity contribution is -0.154. The third kappa shape index (κ3) is 5.99. The summed E-state index contributed by atoms with van der Waals surface area (Å²) in [5.41, 5.74) is -1.21. The van der Waals surface area contributed by atoms with Gasteiger partial charge in [-0.25, -0.2) is 4.98 Å². The number of pyridine rings is 1. The summed E-state index contributed by atoms with van der Waals surface area (Å²) in [4.78, 5) is 17.0. The highest BCUT2D eigenvalue weighted by Crippen LogP contribution is 2.21. The smallest absolute Gasteiger partial charge is 0.422 e. The van der Waals surface area contributed by atoms with Gasteiger partial charge in [0.1, 0.15) is 5.56 Å². The van der Waals surface area contributed by atoms with Crippen LogP contribution in [0.25, 0.3) is 0 Å². The molecule has 0 radical (unpaired) electrons. The first kappa shape index (κ1) is 17.2. The van der Waals surface area contributed by atoms with E-state index in [9.17, 15) is 23.1 Å². The summed E-state index contributed by atoms with van der Waals surface area (Å²) >= 11 is 0. The Morgan fingerprint density at radius 1 is 1.43 bits per heavy atom. The molecule has 8 heteroatoms. The molecule has 1 aromatic heterocycles. The Bertz CT molecular complexity index is 498. The lowest BCUT2D eigenvalue weighted by Crippen LogP contribution is -2.40. The summed E-state index contributed by atoms with van der Waals surface area (Å²) < 4.78 is 41.1. The van der Waals surface area contributed by atoms with Crippen molar-refractivity contribution >= 4 is 5.91 Å². The number of ether oxygens (including phenoxy) is 1. The fourth-order valence-corrected chi connectivity index (χ4v) is 1.68. The molecule has 1 rings (SSSR count). The Labute approximate surface area is 120 Å². The van der Waals surface area contributed by atoms with Crippen LogP contribution < -0.4 is 4.74 Å². The van der Waals surface area contributed by atoms with Gasteiger partial charge in [0.25, 0.3) is 5.91 Å². The fourth-order valence-electron chi connectivity index (χ4n) is 1.68. The summed E-state index contributed by atoms with van der Waals surface area (Å²) in [5, 5.41) is 9.67. The zero-order valence-electron chi connectivity index (χ0n) is 11.9. The molecule has 0 unspecified atom stereocenters. The number of nitrogens with zero attached hydrogens (tertiary/aromatic N) is 2. The minimum absolute atomic E-state index is 0.0133. The van der Waals surface area contributed by atoms with E-state index in [1.165, 1.54) is 44.1 Å². The second-order valence-corrected chi connectivity index (χ2v) is 5.23. The van der Waals surface area contributed by atoms with Crippen LogP contribution >= 0.6 is 0 Å². The van der Waals surface area contributed by atoms with Gasteiger partial charge in [-0.05, 0) is 26.0 Å². The summed E-state index contributed by atoms with van der Waals surface area (Å²) in [5.74, 6) is -0.968. The largest absolute Gasteiger partial charge is 0.467 e. The van der Waals surface area contributed by atoms with Crippen molar-refractivity contribution in [3.8, 4) is 5.88 Å². The van der Waals surface area contributed by atoms with Gasteiger partial charge >= 0.3 is 6.18 Å². The average molecular weight is 306 g/mol. The highest BCUT2D eigenvalue weighted by atomic mass is 19.4. The minimum Gasteiger partial charge on any atom is -0.467 e. The second kappa shape index (κ2) is 6.30. The van der Waals surface area contributed by atoms with E-state index in [2.05, 4.69) is 9.72 Å². The van der Waals surface area contributed by atoms with Crippen LogP contribution in [0.5, 0.6) is 5.88 Å². The number of aromatic nitrogens is 1. The van der Waals surface area contributed by atoms with Crippen molar-refractivity contribution in [1.29, 1.82) is 0 Å². The van der Waals surface area contributed by atoms with E-state index in [0.29, 0.717) is 0 Å². The van der Waals surface area contributed by atoms with Crippen LogP contribution in [0.4, 0.5) is 13.2 Å². The number of carbonyl (C=O) groups excluding carboxylic acids is 1. The summed E-state index contributed by atoms with van der Waals surface area (Å²) in [7, 11) is 1.43. The lowest BCUT2D eigenvalue weighted by atomic mass is 10.1. The predicted octanol–water partition coefficient (Wildman–Crippen LogP) is 1.87. The first-order chi connectivity index (χ1) is 9.49. The lowest BCUT2D eigenvalue weighted by Gasteiger charge is -2.26. The molecule has 0 aliphatic heterocycles. The van der Waals surface area contributed by atoms with Crippen molar-refractivity contribution in [3.63, 3.8) is 0 Å². The van der Waals surface area contributed by atoms with Gasteiger partial charge in [-0.15, -0.1) is 0 Å². The molecular formula is C13H17F3N2O3. The monoisotopic (exact) mass is 306 g/mol. The third-order valence-corrected chi connectivity index (χ3v) is 2.34. The molecule has 1 aromatic rings. The molecule has 0 atom stereocenters. The molecule has 0 bridgehead atoms. The highest BCUT2D eigenvalue weighted by molar-refractivity contribution is 5.96. The maximum atomic E-state index is 12.2. The minimum atomic E-state index is -4.52. The molecule has 0 fully saturated rings. The van der Waals surface area contributed by atoms with Crippen molar-refractivity contribution in [2.75, 3.05) is 20.2 Å². The van der Waals surface area contributed by atoms with Gasteiger partial charge in [-0.2, -0.15) is 13.2 Å². The van der Waals surface area contributed by atoms with E-state index in [-0.39, 0.29) is 18.0 Å². The molecule has 21 heavy (non-hydrogen) atoms. The van der Waals surface area contributed by atoms with Gasteiger partial charge in [0.15, 0.2) is 6.61 Å². The zero-order chi connectivity index (χ0) is 16.3. The van der Waals surface area contributed by atoms with Crippen LogP contribution in [0.3, 0.4) is 0 Å². The molecule has 1 amide bonds. The van der Waals surface area contributed by atoms with Gasteiger partial charge in [0.2, 0.25) is 5.88 Å². The van der Waals surface area contributed by atoms with E-state index < -0.39 is 24.3 Å². The SMILES string of the molecule is CN(CC(C)(C)O)C(=O)c1cccnc1OCC(F)(F)F. The standard InChI is InChI=1S/C13H17F3N2O3/c1-12(2,20)7-18(3)11(19)9-5-4-6-17-10(9)21-8-13(14,15)16/h4-6,20H,7-8H2,1-3H3. The average Bonchev–Trinajstić information content (AvgIpc) is 2.33. The van der Waals surface area contributed by atoms with Crippen molar-refractivity contribution in [2.45, 2.75) is 25.6 Å². The topological polar surface area (TPSA) is 62.7 Å². The maximum Gasteiger partial charge on any atom is 0.422 e. The number of aliphatic hydroxyl groups is 1. The molecule has 1 heterocycles. The number of hydrogen-bond donors (Lipinski definition) is 1. The van der Waals surface area contributed by atoms with E-state index in [1.807, 2.05) is 0 Å². The molecule has 5 nitrogen and oxygen atoms in total. The first-order valence-corrected chi connectivity index (χ1v) is 6.12. The van der Waals surface area contributed by atoms with Crippen LogP contribution in [0.15, 0.2) is 18.3 Å². The number of halogens is 3. The van der Waals surface area contributed by atoms with Crippen LogP contribution in [0.1, 0.15) is 24.2 Å². The molecule has 0 saturated heterocycles. The Hall–Kier alpha value is -1.83. The number of hydrogen-bond acceptors (Lipinski definition) is 4. The quantitative estimate of drug-likeness (QED) is 0.902. The molecule has 0 aliphatic carbocycles. The van der Waals surface area contributed by atoms with E-state index in [1.54, 1.807) is 0 Å². The molecule has 0 aromatic carbocycles. The Morgan fingerprint density at radius 3 is 2.57 bits per heavy atom. The van der Waals surface area contributed by atoms with E-state index >= 15 is 0 Å². The normalized spacial score (nSPS) is 12.1. The number of rotatable bonds is 5. The summed E-state index contributed by atoms with van der Waals surface area (Å²) in [6, 6.07) is 2.74. The molecule has 118 valence electrons. The maximum absolute atomic E-state index is 12.2. The molecule has 0 aliphatic rings. The van der Waals surface area contributed by atoms with Crippen LogP contribution in [0.2, 0.25) is 0 Å². The number of carbonyl (C=O) groups is 1. The van der Waals surface area contributed by atoms with Gasteiger partial charge < -0.3 is 14.7 Å². The van der Waals surface area contributed by atoms with Crippen LogP contribution in [-0.4, -0.2) is 52.9 Å². The van der Waals surface area contributed by atoms with Crippen LogP contribution in [0, 0.1) is 0 Å². The first-order valence-electron chi connectivity index (χ1n) is 6.12. The number of amides is 1. The zero-order valence-corrected chi connectivity index (χ0v) is 11.9. The van der Waals surface area contributed by atoms with Crippen molar-refractivity contribution in [1.82, 2.24) is 9.88 Å². The summed E-state index contributed by atoms with van der Waals surface area (Å²) in [6.07, 6.45) is -3.28. The molecule has 0 spiro atoms. The third-order valence-electron chi connectivity index (χ3n) is 2.34. The Kier molecular flexibility index (Phi) is 5.16. The molecular weight excluding hydrogens is 289 g/mol. The van der Waals surface area contributed by atoms with Gasteiger partial charge in [0.05, 0.1) is 5.60 Å². The van der Waals surface area contributed by atoms with Crippen molar-refractivity contribution in [3.05, 3.63) is 23.9 Å². The Balaban J connectivity index is 2.89. The molecule has 0 saturated carbocycles. The number of alkyl halides is 3. The fraction of sp³-hybridized carbons (Fsp3) is 0.538. The molecule has 1 N–H and O–H groups in total.